The molecule has 0 radical (unpaired) electrons. The Morgan fingerprint density at radius 1 is 1.19 bits per heavy atom. The topological polar surface area (TPSA) is 117 Å². The molecule has 1 heterocycles. The van der Waals surface area contributed by atoms with Crippen molar-refractivity contribution in [3.8, 4) is 0 Å². The first-order valence-corrected chi connectivity index (χ1v) is 10.2. The van der Waals surface area contributed by atoms with Crippen molar-refractivity contribution in [1.29, 1.82) is 0 Å². The van der Waals surface area contributed by atoms with Crippen LogP contribution in [0.2, 0.25) is 0 Å². The van der Waals surface area contributed by atoms with Gasteiger partial charge in [-0.05, 0) is 28.9 Å². The van der Waals surface area contributed by atoms with Crippen LogP contribution >= 0.6 is 15.9 Å². The quantitative estimate of drug-likeness (QED) is 0.532. The zero-order valence-corrected chi connectivity index (χ0v) is 14.8. The molecule has 0 aromatic carbocycles. The lowest BCUT2D eigenvalue weighted by molar-refractivity contribution is 0.573. The minimum absolute atomic E-state index is 0.00178. The molecular weight excluding hydrogens is 384 g/mol. The maximum Gasteiger partial charge on any atom is 0.244 e. The molecule has 8 nitrogen and oxygen atoms in total. The van der Waals surface area contributed by atoms with Gasteiger partial charge < -0.3 is 5.32 Å². The normalized spacial score (nSPS) is 12.3. The second-order valence-electron chi connectivity index (χ2n) is 4.09. The van der Waals surface area contributed by atoms with E-state index in [1.54, 1.807) is 0 Å². The van der Waals surface area contributed by atoms with E-state index in [9.17, 15) is 16.8 Å². The Kier molecular flexibility index (Phi) is 6.53. The molecule has 0 unspecified atom stereocenters. The Morgan fingerprint density at radius 3 is 2.38 bits per heavy atom. The molecule has 1 rings (SSSR count). The molecular formula is C10H17BrN4O4S2. The van der Waals surface area contributed by atoms with Gasteiger partial charge in [-0.3, -0.25) is 0 Å². The molecule has 3 N–H and O–H groups in total. The molecule has 0 fully saturated rings. The Hall–Kier alpha value is -0.750. The van der Waals surface area contributed by atoms with E-state index >= 15 is 0 Å². The van der Waals surface area contributed by atoms with Gasteiger partial charge in [-0.25, -0.2) is 31.3 Å². The van der Waals surface area contributed by atoms with Crippen LogP contribution in [0.1, 0.15) is 6.92 Å². The van der Waals surface area contributed by atoms with E-state index in [-0.39, 0.29) is 23.8 Å². The first-order valence-electron chi connectivity index (χ1n) is 5.99. The number of sulfonamides is 2. The van der Waals surface area contributed by atoms with Crippen molar-refractivity contribution in [2.24, 2.45) is 0 Å². The van der Waals surface area contributed by atoms with Crippen LogP contribution < -0.4 is 14.8 Å². The molecule has 0 saturated heterocycles. The minimum Gasteiger partial charge on any atom is -0.369 e. The number of pyridine rings is 1. The van der Waals surface area contributed by atoms with Crippen LogP contribution in [0.5, 0.6) is 0 Å². The van der Waals surface area contributed by atoms with Crippen LogP contribution in [0.25, 0.3) is 0 Å². The van der Waals surface area contributed by atoms with Crippen molar-refractivity contribution in [2.75, 3.05) is 31.2 Å². The molecule has 1 aromatic heterocycles. The predicted octanol–water partition coefficient (Wildman–Crippen LogP) is 0.103. The first kappa shape index (κ1) is 18.3. The van der Waals surface area contributed by atoms with Crippen LogP contribution in [-0.2, 0) is 20.0 Å². The standard InChI is InChI=1S/C10H17BrN4O4S2/c1-3-12-10-9(6-8(11)7-13-10)21(18,19)15-5-4-14-20(2,16)17/h6-7,14-15H,3-5H2,1-2H3,(H,12,13). The van der Waals surface area contributed by atoms with Crippen molar-refractivity contribution in [2.45, 2.75) is 11.8 Å². The molecule has 0 bridgehead atoms. The van der Waals surface area contributed by atoms with Gasteiger partial charge in [0.2, 0.25) is 20.0 Å². The smallest absolute Gasteiger partial charge is 0.244 e. The van der Waals surface area contributed by atoms with E-state index in [4.69, 9.17) is 0 Å². The maximum absolute atomic E-state index is 12.2. The van der Waals surface area contributed by atoms with Crippen LogP contribution in [0.15, 0.2) is 21.6 Å². The fraction of sp³-hybridized carbons (Fsp3) is 0.500. The molecule has 0 amide bonds. The molecule has 0 saturated carbocycles. The number of hydrogen-bond acceptors (Lipinski definition) is 6. The summed E-state index contributed by atoms with van der Waals surface area (Å²) in [5.74, 6) is 0.240. The number of anilines is 1. The highest BCUT2D eigenvalue weighted by atomic mass is 79.9. The van der Waals surface area contributed by atoms with Gasteiger partial charge in [-0.2, -0.15) is 0 Å². The van der Waals surface area contributed by atoms with Gasteiger partial charge in [0.25, 0.3) is 0 Å². The van der Waals surface area contributed by atoms with Crippen molar-refractivity contribution in [3.05, 3.63) is 16.7 Å². The van der Waals surface area contributed by atoms with E-state index in [1.807, 2.05) is 6.92 Å². The summed E-state index contributed by atoms with van der Waals surface area (Å²) in [6, 6.07) is 1.43. The summed E-state index contributed by atoms with van der Waals surface area (Å²) in [6.07, 6.45) is 2.49. The number of hydrogen-bond donors (Lipinski definition) is 3. The van der Waals surface area contributed by atoms with Gasteiger partial charge in [0.1, 0.15) is 10.7 Å². The number of nitrogens with one attached hydrogen (secondary N) is 3. The number of rotatable bonds is 8. The molecule has 11 heteroatoms. The Balaban J connectivity index is 2.85. The monoisotopic (exact) mass is 400 g/mol. The highest BCUT2D eigenvalue weighted by Gasteiger charge is 2.19. The summed E-state index contributed by atoms with van der Waals surface area (Å²) in [6.45, 7) is 2.25. The van der Waals surface area contributed by atoms with Crippen LogP contribution in [0.4, 0.5) is 5.82 Å². The molecule has 0 aliphatic heterocycles. The summed E-state index contributed by atoms with van der Waals surface area (Å²) < 4.78 is 51.3. The maximum atomic E-state index is 12.2. The molecule has 0 spiro atoms. The third kappa shape index (κ3) is 6.26. The average Bonchev–Trinajstić information content (AvgIpc) is 2.36. The van der Waals surface area contributed by atoms with Crippen LogP contribution in [0, 0.1) is 0 Å². The zero-order valence-electron chi connectivity index (χ0n) is 11.6. The van der Waals surface area contributed by atoms with Gasteiger partial charge in [0.05, 0.1) is 6.26 Å². The highest BCUT2D eigenvalue weighted by Crippen LogP contribution is 2.22. The molecule has 120 valence electrons. The average molecular weight is 401 g/mol. The lowest BCUT2D eigenvalue weighted by Gasteiger charge is -2.12. The van der Waals surface area contributed by atoms with Gasteiger partial charge in [0.15, 0.2) is 0 Å². The SMILES string of the molecule is CCNc1ncc(Br)cc1S(=O)(=O)NCCNS(C)(=O)=O. The largest absolute Gasteiger partial charge is 0.369 e. The van der Waals surface area contributed by atoms with Crippen molar-refractivity contribution >= 4 is 41.8 Å². The second-order valence-corrected chi connectivity index (χ2v) is 8.58. The Morgan fingerprint density at radius 2 is 1.81 bits per heavy atom. The summed E-state index contributed by atoms with van der Waals surface area (Å²) in [5.41, 5.74) is 0. The van der Waals surface area contributed by atoms with Crippen molar-refractivity contribution in [1.82, 2.24) is 14.4 Å². The van der Waals surface area contributed by atoms with E-state index in [0.29, 0.717) is 11.0 Å². The summed E-state index contributed by atoms with van der Waals surface area (Å²) >= 11 is 3.17. The lowest BCUT2D eigenvalue weighted by Crippen LogP contribution is -2.34. The fourth-order valence-electron chi connectivity index (χ4n) is 1.43. The molecule has 0 aliphatic rings. The molecule has 0 aliphatic carbocycles. The van der Waals surface area contributed by atoms with E-state index in [1.165, 1.54) is 12.3 Å². The number of halogens is 1. The second kappa shape index (κ2) is 7.49. The third-order valence-corrected chi connectivity index (χ3v) is 4.87. The zero-order chi connectivity index (χ0) is 16.1. The summed E-state index contributed by atoms with van der Waals surface area (Å²) in [5, 5.41) is 2.86. The lowest BCUT2D eigenvalue weighted by atomic mass is 10.4. The van der Waals surface area contributed by atoms with Crippen LogP contribution in [-0.4, -0.2) is 47.7 Å². The van der Waals surface area contributed by atoms with Crippen molar-refractivity contribution < 1.29 is 16.8 Å². The number of nitrogens with zero attached hydrogens (tertiary/aromatic N) is 1. The predicted molar refractivity (Wildman–Crippen MR) is 84.1 cm³/mol. The van der Waals surface area contributed by atoms with Gasteiger partial charge in [-0.15, -0.1) is 0 Å². The number of aromatic nitrogens is 1. The molecule has 1 aromatic rings. The Bertz CT molecular complexity index is 691. The van der Waals surface area contributed by atoms with E-state index < -0.39 is 20.0 Å². The molecule has 21 heavy (non-hydrogen) atoms. The summed E-state index contributed by atoms with van der Waals surface area (Å²) in [4.78, 5) is 4.01. The fourth-order valence-corrected chi connectivity index (χ4v) is 3.57. The van der Waals surface area contributed by atoms with E-state index in [0.717, 1.165) is 6.26 Å². The van der Waals surface area contributed by atoms with Gasteiger partial charge in [-0.1, -0.05) is 0 Å². The van der Waals surface area contributed by atoms with E-state index in [2.05, 4.69) is 35.7 Å². The highest BCUT2D eigenvalue weighted by molar-refractivity contribution is 9.10. The van der Waals surface area contributed by atoms with Gasteiger partial charge >= 0.3 is 0 Å². The first-order chi connectivity index (χ1) is 9.65. The third-order valence-electron chi connectivity index (χ3n) is 2.23. The summed E-state index contributed by atoms with van der Waals surface area (Å²) in [7, 11) is -7.14. The molecule has 0 atom stereocenters. The van der Waals surface area contributed by atoms with Gasteiger partial charge in [0, 0.05) is 30.3 Å². The van der Waals surface area contributed by atoms with Crippen molar-refractivity contribution in [3.63, 3.8) is 0 Å². The minimum atomic E-state index is -3.79. The Labute approximate surface area is 133 Å². The van der Waals surface area contributed by atoms with Crippen LogP contribution in [0.3, 0.4) is 0 Å².